The van der Waals surface area contributed by atoms with Crippen molar-refractivity contribution >= 4 is 15.8 Å². The third-order valence-corrected chi connectivity index (χ3v) is 7.23. The van der Waals surface area contributed by atoms with Crippen molar-refractivity contribution < 1.29 is 8.42 Å². The number of hydrogen-bond donors (Lipinski definition) is 2. The maximum atomic E-state index is 11.8. The Labute approximate surface area is 162 Å². The predicted molar refractivity (Wildman–Crippen MR) is 106 cm³/mol. The van der Waals surface area contributed by atoms with Crippen LogP contribution in [-0.2, 0) is 22.8 Å². The number of hydrogen-bond acceptors (Lipinski definition) is 5. The van der Waals surface area contributed by atoms with Crippen LogP contribution in [0.4, 0.5) is 0 Å². The molecule has 1 aliphatic carbocycles. The van der Waals surface area contributed by atoms with Crippen LogP contribution in [0.1, 0.15) is 51.3 Å². The van der Waals surface area contributed by atoms with E-state index in [1.165, 1.54) is 32.1 Å². The molecule has 0 aromatic carbocycles. The van der Waals surface area contributed by atoms with Crippen LogP contribution >= 0.6 is 0 Å². The first-order valence-electron chi connectivity index (χ1n) is 10.2. The van der Waals surface area contributed by atoms with Gasteiger partial charge in [-0.15, -0.1) is 10.2 Å². The Kier molecular flexibility index (Phi) is 7.09. The van der Waals surface area contributed by atoms with E-state index in [1.807, 2.05) is 4.57 Å². The summed E-state index contributed by atoms with van der Waals surface area (Å²) in [4.78, 5) is 4.78. The molecule has 1 unspecified atom stereocenters. The highest BCUT2D eigenvalue weighted by Crippen LogP contribution is 2.23. The predicted octanol–water partition coefficient (Wildman–Crippen LogP) is 1.14. The van der Waals surface area contributed by atoms with Gasteiger partial charge in [-0.25, -0.2) is 8.42 Å². The molecule has 27 heavy (non-hydrogen) atoms. The number of nitrogens with one attached hydrogen (secondary N) is 2. The topological polar surface area (TPSA) is 101 Å². The van der Waals surface area contributed by atoms with E-state index in [-0.39, 0.29) is 17.5 Å². The van der Waals surface area contributed by atoms with Crippen LogP contribution in [0.2, 0.25) is 0 Å². The minimum atomic E-state index is -2.91. The van der Waals surface area contributed by atoms with Gasteiger partial charge >= 0.3 is 0 Å². The van der Waals surface area contributed by atoms with Crippen LogP contribution in [0.15, 0.2) is 11.3 Å². The highest BCUT2D eigenvalue weighted by molar-refractivity contribution is 7.91. The minimum absolute atomic E-state index is 0.0475. The minimum Gasteiger partial charge on any atom is -0.355 e. The summed E-state index contributed by atoms with van der Waals surface area (Å²) in [6.45, 7) is 4.32. The molecule has 2 heterocycles. The lowest BCUT2D eigenvalue weighted by atomic mass is 9.89. The summed E-state index contributed by atoms with van der Waals surface area (Å²) in [7, 11) is -2.91. The summed E-state index contributed by atoms with van der Waals surface area (Å²) in [6.07, 6.45) is 9.66. The van der Waals surface area contributed by atoms with E-state index in [4.69, 9.17) is 4.99 Å². The first kappa shape index (κ1) is 20.1. The Hall–Kier alpha value is -1.64. The van der Waals surface area contributed by atoms with Crippen molar-refractivity contribution in [3.05, 3.63) is 12.2 Å². The zero-order valence-electron chi connectivity index (χ0n) is 16.2. The van der Waals surface area contributed by atoms with Gasteiger partial charge in [0.05, 0.1) is 11.5 Å². The molecule has 1 aromatic heterocycles. The van der Waals surface area contributed by atoms with Crippen molar-refractivity contribution in [3.8, 4) is 0 Å². The molecule has 2 N–H and O–H groups in total. The lowest BCUT2D eigenvalue weighted by Crippen LogP contribution is -2.45. The summed E-state index contributed by atoms with van der Waals surface area (Å²) >= 11 is 0. The van der Waals surface area contributed by atoms with E-state index in [1.54, 1.807) is 6.33 Å². The largest absolute Gasteiger partial charge is 0.355 e. The lowest BCUT2D eigenvalue weighted by Gasteiger charge is -2.21. The fourth-order valence-electron chi connectivity index (χ4n) is 3.88. The summed E-state index contributed by atoms with van der Waals surface area (Å²) in [5, 5.41) is 14.8. The van der Waals surface area contributed by atoms with Gasteiger partial charge in [0.15, 0.2) is 15.8 Å². The molecule has 3 rings (SSSR count). The van der Waals surface area contributed by atoms with Crippen LogP contribution < -0.4 is 10.6 Å². The molecule has 2 aliphatic rings. The average molecular weight is 397 g/mol. The molecule has 0 amide bonds. The third-order valence-electron chi connectivity index (χ3n) is 5.46. The van der Waals surface area contributed by atoms with Gasteiger partial charge in [0.2, 0.25) is 0 Å². The second kappa shape index (κ2) is 9.52. The fraction of sp³-hybridized carbons (Fsp3) is 0.833. The van der Waals surface area contributed by atoms with E-state index in [2.05, 4.69) is 27.8 Å². The van der Waals surface area contributed by atoms with Crippen LogP contribution in [0.25, 0.3) is 0 Å². The van der Waals surface area contributed by atoms with Crippen molar-refractivity contribution in [2.24, 2.45) is 10.9 Å². The van der Waals surface area contributed by atoms with Gasteiger partial charge in [0.25, 0.3) is 0 Å². The molecule has 1 saturated heterocycles. The van der Waals surface area contributed by atoms with Gasteiger partial charge in [-0.05, 0) is 25.2 Å². The average Bonchev–Trinajstić information content (AvgIpc) is 3.25. The Balaban J connectivity index is 1.56. The van der Waals surface area contributed by atoms with Gasteiger partial charge < -0.3 is 15.2 Å². The van der Waals surface area contributed by atoms with Crippen molar-refractivity contribution in [1.82, 2.24) is 25.4 Å². The molecule has 1 aromatic rings. The first-order valence-corrected chi connectivity index (χ1v) is 12.0. The molecule has 8 nitrogen and oxygen atoms in total. The van der Waals surface area contributed by atoms with Crippen molar-refractivity contribution in [1.29, 1.82) is 0 Å². The molecular weight excluding hydrogens is 364 g/mol. The van der Waals surface area contributed by atoms with Crippen molar-refractivity contribution in [2.75, 3.05) is 24.6 Å². The van der Waals surface area contributed by atoms with E-state index in [0.29, 0.717) is 18.9 Å². The zero-order chi connectivity index (χ0) is 19.1. The van der Waals surface area contributed by atoms with E-state index >= 15 is 0 Å². The maximum absolute atomic E-state index is 11.8. The molecule has 1 atom stereocenters. The fourth-order valence-corrected chi connectivity index (χ4v) is 5.55. The second-order valence-corrected chi connectivity index (χ2v) is 9.89. The van der Waals surface area contributed by atoms with Gasteiger partial charge in [0.1, 0.15) is 12.2 Å². The van der Waals surface area contributed by atoms with Crippen LogP contribution in [-0.4, -0.2) is 59.8 Å². The molecule has 9 heteroatoms. The SMILES string of the molecule is CCc1nncn1CCNC(=NCC1CCCCC1)NC1CCS(=O)(=O)C1. The van der Waals surface area contributed by atoms with E-state index < -0.39 is 9.84 Å². The van der Waals surface area contributed by atoms with Crippen LogP contribution in [0.5, 0.6) is 0 Å². The molecule has 2 fully saturated rings. The van der Waals surface area contributed by atoms with Gasteiger partial charge in [-0.1, -0.05) is 26.2 Å². The summed E-state index contributed by atoms with van der Waals surface area (Å²) in [5.41, 5.74) is 0. The van der Waals surface area contributed by atoms with E-state index in [0.717, 1.165) is 31.3 Å². The Morgan fingerprint density at radius 3 is 2.81 bits per heavy atom. The Morgan fingerprint density at radius 2 is 2.11 bits per heavy atom. The lowest BCUT2D eigenvalue weighted by molar-refractivity contribution is 0.366. The third kappa shape index (κ3) is 6.19. The summed E-state index contributed by atoms with van der Waals surface area (Å²) in [5.74, 6) is 2.80. The first-order chi connectivity index (χ1) is 13.1. The highest BCUT2D eigenvalue weighted by atomic mass is 32.2. The molecular formula is C18H32N6O2S. The zero-order valence-corrected chi connectivity index (χ0v) is 17.0. The van der Waals surface area contributed by atoms with Crippen molar-refractivity contribution in [2.45, 2.75) is 64.5 Å². The van der Waals surface area contributed by atoms with Gasteiger partial charge in [-0.2, -0.15) is 0 Å². The van der Waals surface area contributed by atoms with Crippen molar-refractivity contribution in [3.63, 3.8) is 0 Å². The molecule has 152 valence electrons. The molecule has 1 saturated carbocycles. The maximum Gasteiger partial charge on any atom is 0.191 e. The number of aliphatic imine (C=N–C) groups is 1. The normalized spacial score (nSPS) is 23.4. The Bertz CT molecular complexity index is 724. The summed E-state index contributed by atoms with van der Waals surface area (Å²) < 4.78 is 25.5. The quantitative estimate of drug-likeness (QED) is 0.529. The number of sulfone groups is 1. The number of aromatic nitrogens is 3. The Morgan fingerprint density at radius 1 is 1.30 bits per heavy atom. The number of nitrogens with zero attached hydrogens (tertiary/aromatic N) is 4. The monoisotopic (exact) mass is 396 g/mol. The molecule has 0 spiro atoms. The number of guanidine groups is 1. The van der Waals surface area contributed by atoms with E-state index in [9.17, 15) is 8.42 Å². The highest BCUT2D eigenvalue weighted by Gasteiger charge is 2.28. The van der Waals surface area contributed by atoms with Crippen LogP contribution in [0.3, 0.4) is 0 Å². The smallest absolute Gasteiger partial charge is 0.191 e. The number of aryl methyl sites for hydroxylation is 1. The van der Waals surface area contributed by atoms with Crippen LogP contribution in [0, 0.1) is 5.92 Å². The van der Waals surface area contributed by atoms with Gasteiger partial charge in [0, 0.05) is 32.1 Å². The van der Waals surface area contributed by atoms with Gasteiger partial charge in [-0.3, -0.25) is 4.99 Å². The summed E-state index contributed by atoms with van der Waals surface area (Å²) in [6, 6.07) is -0.0475. The second-order valence-electron chi connectivity index (χ2n) is 7.66. The molecule has 0 bridgehead atoms. The molecule has 1 aliphatic heterocycles. The molecule has 0 radical (unpaired) electrons. The standard InChI is InChI=1S/C18H32N6O2S/c1-2-17-23-21-14-24(17)10-9-19-18(20-12-15-6-4-3-5-7-15)22-16-8-11-27(25,26)13-16/h14-16H,2-13H2,1H3,(H2,19,20,22). The number of rotatable bonds is 7.